The number of ether oxygens (including phenoxy) is 5. The van der Waals surface area contributed by atoms with Gasteiger partial charge in [-0.25, -0.2) is 9.59 Å². The SMILES string of the molecule is COC(=O)c1cc2c(C[C@@H](COCc3ccccc3)OCc3ccccc3)c(N=C=O)cc(OCCCOC(C)=O)c2[nH]1. The number of isocyanates is 1. The number of nitrogens with zero attached hydrogens (tertiary/aromatic N) is 1. The number of nitrogens with one attached hydrogen (secondary N) is 1. The van der Waals surface area contributed by atoms with Crippen molar-refractivity contribution in [2.24, 2.45) is 4.99 Å². The van der Waals surface area contributed by atoms with Crippen LogP contribution in [0.5, 0.6) is 5.75 Å². The van der Waals surface area contributed by atoms with Gasteiger partial charge < -0.3 is 28.7 Å². The molecule has 1 heterocycles. The first-order valence-corrected chi connectivity index (χ1v) is 13.9. The van der Waals surface area contributed by atoms with Gasteiger partial charge in [0.15, 0.2) is 0 Å². The van der Waals surface area contributed by atoms with Crippen molar-refractivity contribution in [2.45, 2.75) is 39.1 Å². The highest BCUT2D eigenvalue weighted by molar-refractivity contribution is 6.00. The number of rotatable bonds is 16. The van der Waals surface area contributed by atoms with Crippen LogP contribution >= 0.6 is 0 Å². The van der Waals surface area contributed by atoms with E-state index in [9.17, 15) is 14.4 Å². The molecule has 43 heavy (non-hydrogen) atoms. The lowest BCUT2D eigenvalue weighted by Crippen LogP contribution is -2.23. The molecule has 0 aliphatic rings. The van der Waals surface area contributed by atoms with E-state index in [4.69, 9.17) is 23.7 Å². The summed E-state index contributed by atoms with van der Waals surface area (Å²) in [5.41, 5.74) is 3.74. The van der Waals surface area contributed by atoms with Gasteiger partial charge in [-0.2, -0.15) is 4.99 Å². The van der Waals surface area contributed by atoms with E-state index < -0.39 is 12.1 Å². The number of H-pyrrole nitrogens is 1. The Morgan fingerprint density at radius 3 is 2.30 bits per heavy atom. The molecule has 0 bridgehead atoms. The Morgan fingerprint density at radius 2 is 1.65 bits per heavy atom. The van der Waals surface area contributed by atoms with Gasteiger partial charge in [0.1, 0.15) is 11.4 Å². The Morgan fingerprint density at radius 1 is 0.953 bits per heavy atom. The van der Waals surface area contributed by atoms with E-state index in [2.05, 4.69) is 9.98 Å². The molecule has 0 spiro atoms. The first-order valence-electron chi connectivity index (χ1n) is 13.9. The summed E-state index contributed by atoms with van der Waals surface area (Å²) in [5, 5.41) is 0.614. The molecule has 0 radical (unpaired) electrons. The van der Waals surface area contributed by atoms with Gasteiger partial charge >= 0.3 is 11.9 Å². The molecule has 0 saturated heterocycles. The average molecular weight is 587 g/mol. The van der Waals surface area contributed by atoms with Crippen molar-refractivity contribution >= 4 is 34.6 Å². The van der Waals surface area contributed by atoms with Crippen LogP contribution < -0.4 is 4.74 Å². The molecule has 1 aromatic heterocycles. The summed E-state index contributed by atoms with van der Waals surface area (Å²) in [4.78, 5) is 42.1. The molecule has 0 unspecified atom stereocenters. The van der Waals surface area contributed by atoms with Crippen molar-refractivity contribution in [1.29, 1.82) is 0 Å². The topological polar surface area (TPSA) is 126 Å². The smallest absolute Gasteiger partial charge is 0.354 e. The number of hydrogen-bond donors (Lipinski definition) is 1. The summed E-state index contributed by atoms with van der Waals surface area (Å²) in [6.45, 7) is 2.75. The molecule has 1 atom stereocenters. The number of aromatic nitrogens is 1. The van der Waals surface area contributed by atoms with Crippen molar-refractivity contribution in [3.05, 3.63) is 95.2 Å². The predicted octanol–water partition coefficient (Wildman–Crippen LogP) is 5.60. The zero-order valence-electron chi connectivity index (χ0n) is 24.2. The first-order chi connectivity index (χ1) is 21.0. The minimum Gasteiger partial charge on any atom is -0.491 e. The van der Waals surface area contributed by atoms with Gasteiger partial charge in [-0.15, -0.1) is 0 Å². The first kappa shape index (κ1) is 31.2. The van der Waals surface area contributed by atoms with Gasteiger partial charge in [0, 0.05) is 31.2 Å². The fourth-order valence-electron chi connectivity index (χ4n) is 4.53. The predicted molar refractivity (Wildman–Crippen MR) is 159 cm³/mol. The molecule has 1 N–H and O–H groups in total. The summed E-state index contributed by atoms with van der Waals surface area (Å²) in [6, 6.07) is 22.9. The minimum absolute atomic E-state index is 0.192. The number of methoxy groups -OCH3 is 1. The number of hydrogen-bond acceptors (Lipinski definition) is 9. The van der Waals surface area contributed by atoms with Crippen LogP contribution in [-0.4, -0.2) is 56.0 Å². The Labute approximate surface area is 249 Å². The van der Waals surface area contributed by atoms with Gasteiger partial charge in [-0.05, 0) is 22.8 Å². The molecular formula is C33H34N2O8. The highest BCUT2D eigenvalue weighted by atomic mass is 16.5. The Hall–Kier alpha value is -4.76. The zero-order valence-corrected chi connectivity index (χ0v) is 24.2. The van der Waals surface area contributed by atoms with Crippen LogP contribution in [0.1, 0.15) is 40.5 Å². The quantitative estimate of drug-likeness (QED) is 0.0779. The number of carbonyl (C=O) groups is 2. The van der Waals surface area contributed by atoms with Crippen LogP contribution in [0.25, 0.3) is 10.9 Å². The van der Waals surface area contributed by atoms with Crippen LogP contribution in [-0.2, 0) is 48.2 Å². The monoisotopic (exact) mass is 586 g/mol. The maximum atomic E-state index is 12.5. The maximum absolute atomic E-state index is 12.5. The third-order valence-electron chi connectivity index (χ3n) is 6.56. The van der Waals surface area contributed by atoms with E-state index >= 15 is 0 Å². The van der Waals surface area contributed by atoms with Crippen LogP contribution in [0, 0.1) is 0 Å². The molecule has 4 aromatic rings. The molecule has 4 rings (SSSR count). The summed E-state index contributed by atoms with van der Waals surface area (Å²) in [7, 11) is 1.29. The van der Waals surface area contributed by atoms with Gasteiger partial charge in [-0.3, -0.25) is 4.79 Å². The van der Waals surface area contributed by atoms with Gasteiger partial charge in [-0.1, -0.05) is 60.7 Å². The molecule has 10 heteroatoms. The molecule has 0 aliphatic heterocycles. The van der Waals surface area contributed by atoms with E-state index in [0.717, 1.165) is 11.1 Å². The summed E-state index contributed by atoms with van der Waals surface area (Å²) in [6.07, 6.45) is 1.95. The van der Waals surface area contributed by atoms with Crippen molar-refractivity contribution in [2.75, 3.05) is 26.9 Å². The van der Waals surface area contributed by atoms with Crippen LogP contribution in [0.3, 0.4) is 0 Å². The van der Waals surface area contributed by atoms with Crippen molar-refractivity contribution in [3.8, 4) is 5.75 Å². The molecule has 0 saturated carbocycles. The average Bonchev–Trinajstić information content (AvgIpc) is 3.47. The van der Waals surface area contributed by atoms with Gasteiger partial charge in [0.2, 0.25) is 6.08 Å². The summed E-state index contributed by atoms with van der Waals surface area (Å²) in [5.74, 6) is -0.572. The molecule has 0 amide bonds. The fourth-order valence-corrected chi connectivity index (χ4v) is 4.53. The lowest BCUT2D eigenvalue weighted by molar-refractivity contribution is -0.141. The molecular weight excluding hydrogens is 552 g/mol. The maximum Gasteiger partial charge on any atom is 0.354 e. The van der Waals surface area contributed by atoms with Crippen LogP contribution in [0.15, 0.2) is 77.8 Å². The molecule has 0 aliphatic carbocycles. The zero-order chi connectivity index (χ0) is 30.4. The molecule has 10 nitrogen and oxygen atoms in total. The lowest BCUT2D eigenvalue weighted by atomic mass is 10.0. The van der Waals surface area contributed by atoms with Crippen molar-refractivity contribution in [3.63, 3.8) is 0 Å². The largest absolute Gasteiger partial charge is 0.491 e. The number of benzene rings is 3. The van der Waals surface area contributed by atoms with E-state index in [1.165, 1.54) is 14.0 Å². The molecule has 3 aromatic carbocycles. The van der Waals surface area contributed by atoms with Crippen molar-refractivity contribution < 1.29 is 38.1 Å². The fraction of sp³-hybridized carbons (Fsp3) is 0.303. The second-order valence-electron chi connectivity index (χ2n) is 9.70. The number of fused-ring (bicyclic) bond motifs is 1. The van der Waals surface area contributed by atoms with Gasteiger partial charge in [0.25, 0.3) is 0 Å². The van der Waals surface area contributed by atoms with E-state index in [1.54, 1.807) is 18.2 Å². The Bertz CT molecular complexity index is 1550. The second kappa shape index (κ2) is 16.0. The summed E-state index contributed by atoms with van der Waals surface area (Å²) >= 11 is 0. The minimum atomic E-state index is -0.563. The summed E-state index contributed by atoms with van der Waals surface area (Å²) < 4.78 is 28.3. The third-order valence-corrected chi connectivity index (χ3v) is 6.56. The van der Waals surface area contributed by atoms with Crippen LogP contribution in [0.4, 0.5) is 5.69 Å². The number of esters is 2. The lowest BCUT2D eigenvalue weighted by Gasteiger charge is -2.20. The Balaban J connectivity index is 1.65. The van der Waals surface area contributed by atoms with Crippen molar-refractivity contribution in [1.82, 2.24) is 4.98 Å². The van der Waals surface area contributed by atoms with E-state index in [-0.39, 0.29) is 31.5 Å². The second-order valence-corrected chi connectivity index (χ2v) is 9.70. The highest BCUT2D eigenvalue weighted by Gasteiger charge is 2.22. The van der Waals surface area contributed by atoms with Gasteiger partial charge in [0.05, 0.1) is 57.5 Å². The Kier molecular flexibility index (Phi) is 11.6. The number of aromatic amines is 1. The van der Waals surface area contributed by atoms with Crippen LogP contribution in [0.2, 0.25) is 0 Å². The molecule has 224 valence electrons. The number of carbonyl (C=O) groups excluding carboxylic acids is 3. The normalized spacial score (nSPS) is 11.5. The standard InChI is InChI=1S/C33H34N2O8/c1-23(37)41-14-9-15-42-31-18-29(34-22-36)27(28-17-30(33(38)39-2)35-32(28)31)16-26(43-20-25-12-7-4-8-13-25)21-40-19-24-10-5-3-6-11-24/h3-8,10-13,17-18,26,35H,9,14-16,19-21H2,1-2H3/t26-/m0/s1. The van der Waals surface area contributed by atoms with E-state index in [1.807, 2.05) is 60.7 Å². The number of aliphatic imine (C=N–C) groups is 1. The third kappa shape index (κ3) is 9.11. The molecule has 0 fully saturated rings. The highest BCUT2D eigenvalue weighted by Crippen LogP contribution is 2.38. The van der Waals surface area contributed by atoms with E-state index in [0.29, 0.717) is 54.0 Å².